The quantitative estimate of drug-likeness (QED) is 0.771. The van der Waals surface area contributed by atoms with Gasteiger partial charge in [-0.05, 0) is 19.1 Å². The normalized spacial score (nSPS) is 15.9. The van der Waals surface area contributed by atoms with Crippen molar-refractivity contribution in [3.8, 4) is 0 Å². The van der Waals surface area contributed by atoms with E-state index in [-0.39, 0.29) is 17.7 Å². The second-order valence-corrected chi connectivity index (χ2v) is 3.83. The summed E-state index contributed by atoms with van der Waals surface area (Å²) in [6.45, 7) is 1.52. The largest absolute Gasteiger partial charge is 0.481 e. The highest BCUT2D eigenvalue weighted by molar-refractivity contribution is 6.20. The van der Waals surface area contributed by atoms with Gasteiger partial charge < -0.3 is 5.11 Å². The van der Waals surface area contributed by atoms with Gasteiger partial charge in [0.05, 0.1) is 12.0 Å². The van der Waals surface area contributed by atoms with Crippen LogP contribution in [0.5, 0.6) is 0 Å². The van der Waals surface area contributed by atoms with Gasteiger partial charge in [-0.25, -0.2) is 0 Å². The molecule has 2 rings (SSSR count). The van der Waals surface area contributed by atoms with E-state index >= 15 is 0 Å². The van der Waals surface area contributed by atoms with E-state index < -0.39 is 23.8 Å². The molecule has 0 spiro atoms. The van der Waals surface area contributed by atoms with Gasteiger partial charge in [-0.1, -0.05) is 0 Å². The molecule has 6 nitrogen and oxygen atoms in total. The molecule has 0 aliphatic carbocycles. The lowest BCUT2D eigenvalue weighted by molar-refractivity contribution is -0.137. The van der Waals surface area contributed by atoms with Crippen LogP contribution in [0, 0.1) is 0 Å². The standard InChI is InChI=1S/C11H10N2O4/c1-6(5-8(14)15)13-10(16)7-3-2-4-12-9(7)11(13)17/h2-4,6H,5H2,1H3,(H,14,15). The Morgan fingerprint density at radius 2 is 2.18 bits per heavy atom. The maximum atomic E-state index is 11.9. The summed E-state index contributed by atoms with van der Waals surface area (Å²) in [5.41, 5.74) is 0.324. The molecular formula is C11H10N2O4. The molecule has 1 atom stereocenters. The van der Waals surface area contributed by atoms with Gasteiger partial charge in [-0.15, -0.1) is 0 Å². The van der Waals surface area contributed by atoms with Crippen LogP contribution in [0.2, 0.25) is 0 Å². The number of aliphatic carboxylic acids is 1. The number of hydrogen-bond acceptors (Lipinski definition) is 4. The lowest BCUT2D eigenvalue weighted by Crippen LogP contribution is -2.39. The fourth-order valence-electron chi connectivity index (χ4n) is 1.83. The molecule has 0 bridgehead atoms. The van der Waals surface area contributed by atoms with Crippen LogP contribution in [-0.2, 0) is 4.79 Å². The first kappa shape index (κ1) is 11.3. The zero-order valence-corrected chi connectivity index (χ0v) is 9.08. The molecule has 0 saturated heterocycles. The Hall–Kier alpha value is -2.24. The zero-order valence-electron chi connectivity index (χ0n) is 9.08. The lowest BCUT2D eigenvalue weighted by Gasteiger charge is -2.20. The van der Waals surface area contributed by atoms with E-state index in [2.05, 4.69) is 4.98 Å². The lowest BCUT2D eigenvalue weighted by atomic mass is 10.2. The van der Waals surface area contributed by atoms with Crippen LogP contribution in [0.15, 0.2) is 18.3 Å². The number of aromatic nitrogens is 1. The van der Waals surface area contributed by atoms with Crippen molar-refractivity contribution in [3.05, 3.63) is 29.6 Å². The monoisotopic (exact) mass is 234 g/mol. The van der Waals surface area contributed by atoms with Crippen LogP contribution in [0.1, 0.15) is 34.2 Å². The summed E-state index contributed by atoms with van der Waals surface area (Å²) in [5, 5.41) is 8.67. The molecule has 1 aliphatic rings. The van der Waals surface area contributed by atoms with Crippen LogP contribution >= 0.6 is 0 Å². The number of carboxylic acids is 1. The van der Waals surface area contributed by atoms with Gasteiger partial charge in [-0.2, -0.15) is 0 Å². The van der Waals surface area contributed by atoms with Gasteiger partial charge in [0.1, 0.15) is 5.69 Å². The van der Waals surface area contributed by atoms with Crippen LogP contribution < -0.4 is 0 Å². The molecule has 1 aromatic rings. The smallest absolute Gasteiger partial charge is 0.305 e. The number of imide groups is 1. The van der Waals surface area contributed by atoms with Crippen molar-refractivity contribution in [2.24, 2.45) is 0 Å². The second kappa shape index (κ2) is 3.97. The van der Waals surface area contributed by atoms with Crippen LogP contribution in [0.3, 0.4) is 0 Å². The summed E-state index contributed by atoms with van der Waals surface area (Å²) in [7, 11) is 0. The van der Waals surface area contributed by atoms with Crippen molar-refractivity contribution < 1.29 is 19.5 Å². The van der Waals surface area contributed by atoms with E-state index in [9.17, 15) is 14.4 Å². The number of rotatable bonds is 3. The Labute approximate surface area is 96.9 Å². The van der Waals surface area contributed by atoms with Crippen molar-refractivity contribution in [1.29, 1.82) is 0 Å². The van der Waals surface area contributed by atoms with Gasteiger partial charge in [0.25, 0.3) is 11.8 Å². The molecule has 6 heteroatoms. The topological polar surface area (TPSA) is 87.6 Å². The Balaban J connectivity index is 2.33. The third-order valence-electron chi connectivity index (χ3n) is 2.59. The van der Waals surface area contributed by atoms with Crippen molar-refractivity contribution in [1.82, 2.24) is 9.88 Å². The molecule has 1 aliphatic heterocycles. The van der Waals surface area contributed by atoms with Crippen molar-refractivity contribution in [3.63, 3.8) is 0 Å². The minimum absolute atomic E-state index is 0.0924. The van der Waals surface area contributed by atoms with E-state index in [1.165, 1.54) is 19.2 Å². The fraction of sp³-hybridized carbons (Fsp3) is 0.273. The molecule has 17 heavy (non-hydrogen) atoms. The van der Waals surface area contributed by atoms with Crippen molar-refractivity contribution >= 4 is 17.8 Å². The van der Waals surface area contributed by atoms with E-state index in [0.717, 1.165) is 4.90 Å². The van der Waals surface area contributed by atoms with Gasteiger partial charge in [0.15, 0.2) is 0 Å². The fourth-order valence-corrected chi connectivity index (χ4v) is 1.83. The molecule has 0 aromatic carbocycles. The predicted octanol–water partition coefficient (Wildman–Crippen LogP) is 0.541. The molecule has 0 saturated carbocycles. The number of fused-ring (bicyclic) bond motifs is 1. The summed E-state index contributed by atoms with van der Waals surface area (Å²) in [5.74, 6) is -2.06. The van der Waals surface area contributed by atoms with Crippen molar-refractivity contribution in [2.75, 3.05) is 0 Å². The van der Waals surface area contributed by atoms with Crippen LogP contribution in [-0.4, -0.2) is 38.8 Å². The van der Waals surface area contributed by atoms with Gasteiger partial charge in [0, 0.05) is 12.2 Å². The average molecular weight is 234 g/mol. The second-order valence-electron chi connectivity index (χ2n) is 3.83. The highest BCUT2D eigenvalue weighted by Gasteiger charge is 2.39. The molecule has 1 unspecified atom stereocenters. The van der Waals surface area contributed by atoms with Crippen molar-refractivity contribution in [2.45, 2.75) is 19.4 Å². The molecule has 1 N–H and O–H groups in total. The number of nitrogens with zero attached hydrogens (tertiary/aromatic N) is 2. The Kier molecular flexibility index (Phi) is 2.63. The summed E-state index contributed by atoms with van der Waals surface area (Å²) < 4.78 is 0. The Morgan fingerprint density at radius 1 is 1.47 bits per heavy atom. The predicted molar refractivity (Wildman–Crippen MR) is 56.5 cm³/mol. The number of carboxylic acid groups (broad SMARTS) is 1. The minimum Gasteiger partial charge on any atom is -0.481 e. The highest BCUT2D eigenvalue weighted by Crippen LogP contribution is 2.23. The van der Waals surface area contributed by atoms with E-state index in [1.54, 1.807) is 6.07 Å². The van der Waals surface area contributed by atoms with E-state index in [4.69, 9.17) is 5.11 Å². The number of hydrogen-bond donors (Lipinski definition) is 1. The average Bonchev–Trinajstić information content (AvgIpc) is 2.51. The Bertz CT molecular complexity index is 477. The first-order chi connectivity index (χ1) is 8.02. The molecule has 0 fully saturated rings. The number of pyridine rings is 1. The molecule has 2 amide bonds. The van der Waals surface area contributed by atoms with Crippen LogP contribution in [0.4, 0.5) is 0 Å². The molecule has 88 valence electrons. The van der Waals surface area contributed by atoms with Gasteiger partial charge in [-0.3, -0.25) is 24.3 Å². The molecule has 1 aromatic heterocycles. The molecule has 2 heterocycles. The maximum Gasteiger partial charge on any atom is 0.305 e. The maximum absolute atomic E-state index is 11.9. The highest BCUT2D eigenvalue weighted by atomic mass is 16.4. The zero-order chi connectivity index (χ0) is 12.6. The first-order valence-corrected chi connectivity index (χ1v) is 5.07. The number of amides is 2. The van der Waals surface area contributed by atoms with E-state index in [0.29, 0.717) is 0 Å². The van der Waals surface area contributed by atoms with E-state index in [1.807, 2.05) is 0 Å². The van der Waals surface area contributed by atoms with Gasteiger partial charge in [0.2, 0.25) is 0 Å². The Morgan fingerprint density at radius 3 is 2.76 bits per heavy atom. The van der Waals surface area contributed by atoms with Gasteiger partial charge >= 0.3 is 5.97 Å². The summed E-state index contributed by atoms with van der Waals surface area (Å²) in [4.78, 5) is 39.2. The van der Waals surface area contributed by atoms with Crippen LogP contribution in [0.25, 0.3) is 0 Å². The minimum atomic E-state index is -1.05. The SMILES string of the molecule is CC(CC(=O)O)N1C(=O)c2cccnc2C1=O. The number of carbonyl (C=O) groups is 3. The number of carbonyl (C=O) groups excluding carboxylic acids is 2. The molecule has 0 radical (unpaired) electrons. The third-order valence-corrected chi connectivity index (χ3v) is 2.59. The molecular weight excluding hydrogens is 224 g/mol. The summed E-state index contributed by atoms with van der Waals surface area (Å²) >= 11 is 0. The first-order valence-electron chi connectivity index (χ1n) is 5.07. The summed E-state index contributed by atoms with van der Waals surface area (Å²) in [6.07, 6.45) is 1.15. The third kappa shape index (κ3) is 1.77. The summed E-state index contributed by atoms with van der Waals surface area (Å²) in [6, 6.07) is 2.40.